The third-order valence-corrected chi connectivity index (χ3v) is 5.72. The summed E-state index contributed by atoms with van der Waals surface area (Å²) < 4.78 is 26.3. The van der Waals surface area contributed by atoms with Crippen molar-refractivity contribution in [2.45, 2.75) is 37.2 Å². The summed E-state index contributed by atoms with van der Waals surface area (Å²) in [6.07, 6.45) is 7.57. The van der Waals surface area contributed by atoms with Gasteiger partial charge in [-0.2, -0.15) is 4.31 Å². The van der Waals surface area contributed by atoms with Gasteiger partial charge in [-0.1, -0.05) is 24.4 Å². The van der Waals surface area contributed by atoms with Gasteiger partial charge in [0.2, 0.25) is 10.0 Å². The monoisotopic (exact) mass is 326 g/mol. The average Bonchev–Trinajstić information content (AvgIpc) is 3.27. The minimum atomic E-state index is -3.57. The van der Waals surface area contributed by atoms with E-state index in [9.17, 15) is 8.42 Å². The van der Waals surface area contributed by atoms with Crippen molar-refractivity contribution in [2.75, 3.05) is 13.1 Å². The van der Waals surface area contributed by atoms with Crippen LogP contribution in [0.3, 0.4) is 0 Å². The van der Waals surface area contributed by atoms with Gasteiger partial charge in [0.25, 0.3) is 0 Å². The summed E-state index contributed by atoms with van der Waals surface area (Å²) in [6.45, 7) is 2.75. The summed E-state index contributed by atoms with van der Waals surface area (Å²) in [5, 5.41) is 3.91. The van der Waals surface area contributed by atoms with E-state index in [-0.39, 0.29) is 11.4 Å². The Hall–Kier alpha value is -1.06. The van der Waals surface area contributed by atoms with Crippen molar-refractivity contribution in [1.29, 1.82) is 0 Å². The normalized spacial score (nSPS) is 15.1. The first-order valence-corrected chi connectivity index (χ1v) is 8.76. The summed E-state index contributed by atoms with van der Waals surface area (Å²) in [5.74, 6) is 2.38. The summed E-state index contributed by atoms with van der Waals surface area (Å²) in [4.78, 5) is 0.233. The molecule has 0 bridgehead atoms. The van der Waals surface area contributed by atoms with Crippen LogP contribution in [-0.4, -0.2) is 31.9 Å². The van der Waals surface area contributed by atoms with Gasteiger partial charge in [-0.3, -0.25) is 0 Å². The number of nitrogens with zero attached hydrogens (tertiary/aromatic N) is 1. The molecule has 1 fully saturated rings. The topological polar surface area (TPSA) is 49.4 Å². The zero-order valence-electron chi connectivity index (χ0n) is 12.0. The first-order chi connectivity index (χ1) is 9.98. The van der Waals surface area contributed by atoms with E-state index in [0.717, 1.165) is 5.56 Å². The average molecular weight is 327 g/mol. The smallest absolute Gasteiger partial charge is 0.243 e. The molecule has 1 aromatic carbocycles. The van der Waals surface area contributed by atoms with Crippen molar-refractivity contribution < 1.29 is 8.42 Å². The molecule has 0 atom stereocenters. The first kappa shape index (κ1) is 16.3. The van der Waals surface area contributed by atoms with E-state index in [2.05, 4.69) is 11.2 Å². The molecule has 4 nitrogen and oxygen atoms in total. The molecule has 0 amide bonds. The Morgan fingerprint density at radius 1 is 1.48 bits per heavy atom. The largest absolute Gasteiger partial charge is 0.310 e. The van der Waals surface area contributed by atoms with Crippen LogP contribution in [0.15, 0.2) is 23.1 Å². The fourth-order valence-electron chi connectivity index (χ4n) is 2.01. The maximum absolute atomic E-state index is 12.5. The van der Waals surface area contributed by atoms with Crippen molar-refractivity contribution in [3.63, 3.8) is 0 Å². The van der Waals surface area contributed by atoms with Gasteiger partial charge < -0.3 is 5.32 Å². The summed E-state index contributed by atoms with van der Waals surface area (Å²) >= 11 is 6.14. The van der Waals surface area contributed by atoms with Gasteiger partial charge >= 0.3 is 0 Å². The molecule has 0 heterocycles. The van der Waals surface area contributed by atoms with Crippen LogP contribution in [0.5, 0.6) is 0 Å². The lowest BCUT2D eigenvalue weighted by Crippen LogP contribution is -2.31. The third kappa shape index (κ3) is 3.98. The lowest BCUT2D eigenvalue weighted by molar-refractivity contribution is 0.464. The van der Waals surface area contributed by atoms with Crippen molar-refractivity contribution >= 4 is 21.6 Å². The van der Waals surface area contributed by atoms with E-state index < -0.39 is 10.0 Å². The molecule has 0 aromatic heterocycles. The number of terminal acetylenes is 1. The molecule has 0 spiro atoms. The van der Waals surface area contributed by atoms with Crippen LogP contribution in [0.2, 0.25) is 5.02 Å². The maximum Gasteiger partial charge on any atom is 0.243 e. The van der Waals surface area contributed by atoms with Gasteiger partial charge in [-0.15, -0.1) is 6.42 Å². The highest BCUT2D eigenvalue weighted by atomic mass is 35.5. The van der Waals surface area contributed by atoms with E-state index in [1.165, 1.54) is 23.2 Å². The number of halogens is 1. The zero-order chi connectivity index (χ0) is 15.5. The Morgan fingerprint density at radius 3 is 2.76 bits per heavy atom. The molecule has 2 rings (SSSR count). The summed E-state index contributed by atoms with van der Waals surface area (Å²) in [5.41, 5.74) is 0.793. The minimum Gasteiger partial charge on any atom is -0.310 e. The number of benzene rings is 1. The highest BCUT2D eigenvalue weighted by Gasteiger charge is 2.24. The number of hydrogen-bond donors (Lipinski definition) is 1. The molecule has 114 valence electrons. The molecule has 6 heteroatoms. The maximum atomic E-state index is 12.5. The zero-order valence-corrected chi connectivity index (χ0v) is 13.5. The Balaban J connectivity index is 2.25. The molecule has 0 radical (unpaired) electrons. The Labute approximate surface area is 131 Å². The molecule has 0 unspecified atom stereocenters. The minimum absolute atomic E-state index is 0.0666. The van der Waals surface area contributed by atoms with Crippen molar-refractivity contribution in [1.82, 2.24) is 9.62 Å². The van der Waals surface area contributed by atoms with E-state index in [1.54, 1.807) is 19.1 Å². The first-order valence-electron chi connectivity index (χ1n) is 6.94. The molecule has 1 aromatic rings. The van der Waals surface area contributed by atoms with Crippen LogP contribution in [0.1, 0.15) is 25.3 Å². The Morgan fingerprint density at radius 2 is 2.19 bits per heavy atom. The van der Waals surface area contributed by atoms with Crippen molar-refractivity contribution in [3.05, 3.63) is 28.8 Å². The van der Waals surface area contributed by atoms with Crippen LogP contribution >= 0.6 is 11.6 Å². The van der Waals surface area contributed by atoms with Gasteiger partial charge in [-0.25, -0.2) is 8.42 Å². The van der Waals surface area contributed by atoms with E-state index in [0.29, 0.717) is 24.2 Å². The second-order valence-electron chi connectivity index (χ2n) is 5.04. The van der Waals surface area contributed by atoms with E-state index in [4.69, 9.17) is 18.0 Å². The summed E-state index contributed by atoms with van der Waals surface area (Å²) in [6, 6.07) is 5.32. The lowest BCUT2D eigenvalue weighted by atomic mass is 10.2. The molecule has 1 N–H and O–H groups in total. The number of rotatable bonds is 7. The second kappa shape index (κ2) is 6.80. The van der Waals surface area contributed by atoms with Crippen molar-refractivity contribution in [2.24, 2.45) is 0 Å². The molecule has 1 saturated carbocycles. The second-order valence-corrected chi connectivity index (χ2v) is 7.39. The number of hydrogen-bond acceptors (Lipinski definition) is 3. The van der Waals surface area contributed by atoms with Crippen LogP contribution in [0, 0.1) is 12.3 Å². The van der Waals surface area contributed by atoms with Crippen molar-refractivity contribution in [3.8, 4) is 12.3 Å². The van der Waals surface area contributed by atoms with Gasteiger partial charge in [0.05, 0.1) is 11.4 Å². The van der Waals surface area contributed by atoms with E-state index in [1.807, 2.05) is 0 Å². The predicted molar refractivity (Wildman–Crippen MR) is 84.6 cm³/mol. The standard InChI is InChI=1S/C15H19ClN2O2S/c1-3-9-18(4-2)21(19,20)14-7-8-15(16)12(10-14)11-17-13-5-6-13/h1,7-8,10,13,17H,4-6,9,11H2,2H3. The van der Waals surface area contributed by atoms with Crippen LogP contribution in [-0.2, 0) is 16.6 Å². The predicted octanol–water partition coefficient (Wildman–Crippen LogP) is 2.24. The molecule has 1 aliphatic rings. The van der Waals surface area contributed by atoms with Gasteiger partial charge in [0.15, 0.2) is 0 Å². The Bertz CT molecular complexity index is 648. The van der Waals surface area contributed by atoms with Gasteiger partial charge in [0.1, 0.15) is 0 Å². The highest BCUT2D eigenvalue weighted by molar-refractivity contribution is 7.89. The molecule has 0 aliphatic heterocycles. The SMILES string of the molecule is C#CCN(CC)S(=O)(=O)c1ccc(Cl)c(CNC2CC2)c1. The van der Waals surface area contributed by atoms with Crippen LogP contribution < -0.4 is 5.32 Å². The highest BCUT2D eigenvalue weighted by Crippen LogP contribution is 2.25. The van der Waals surface area contributed by atoms with Crippen LogP contribution in [0.25, 0.3) is 0 Å². The molecular formula is C15H19ClN2O2S. The fourth-order valence-corrected chi connectivity index (χ4v) is 3.60. The van der Waals surface area contributed by atoms with Gasteiger partial charge in [0, 0.05) is 24.2 Å². The fraction of sp³-hybridized carbons (Fsp3) is 0.467. The number of nitrogens with one attached hydrogen (secondary N) is 1. The van der Waals surface area contributed by atoms with Crippen LogP contribution in [0.4, 0.5) is 0 Å². The lowest BCUT2D eigenvalue weighted by Gasteiger charge is -2.18. The molecular weight excluding hydrogens is 308 g/mol. The molecule has 1 aliphatic carbocycles. The summed E-state index contributed by atoms with van der Waals surface area (Å²) in [7, 11) is -3.57. The third-order valence-electron chi connectivity index (χ3n) is 3.43. The quantitative estimate of drug-likeness (QED) is 0.782. The molecule has 0 saturated heterocycles. The number of sulfonamides is 1. The van der Waals surface area contributed by atoms with E-state index >= 15 is 0 Å². The molecule has 21 heavy (non-hydrogen) atoms. The Kier molecular flexibility index (Phi) is 5.28. The van der Waals surface area contributed by atoms with Gasteiger partial charge in [-0.05, 0) is 36.6 Å².